The quantitative estimate of drug-likeness (QED) is 0.594. The van der Waals surface area contributed by atoms with E-state index in [0.717, 1.165) is 37.8 Å². The van der Waals surface area contributed by atoms with Crippen molar-refractivity contribution in [1.82, 2.24) is 15.5 Å². The highest BCUT2D eigenvalue weighted by Gasteiger charge is 2.22. The molecule has 1 aromatic carbocycles. The van der Waals surface area contributed by atoms with Crippen LogP contribution in [-0.2, 0) is 6.42 Å². The molecule has 0 amide bonds. The van der Waals surface area contributed by atoms with Crippen LogP contribution >= 0.6 is 0 Å². The zero-order valence-corrected chi connectivity index (χ0v) is 15.6. The molecule has 0 aliphatic carbocycles. The van der Waals surface area contributed by atoms with Crippen molar-refractivity contribution >= 4 is 5.96 Å². The third kappa shape index (κ3) is 5.13. The maximum Gasteiger partial charge on any atom is 0.191 e. The lowest BCUT2D eigenvalue weighted by Crippen LogP contribution is -2.45. The molecule has 5 nitrogen and oxygen atoms in total. The van der Waals surface area contributed by atoms with Crippen LogP contribution in [0.5, 0.6) is 5.75 Å². The molecule has 1 fully saturated rings. The smallest absolute Gasteiger partial charge is 0.191 e. The third-order valence-electron chi connectivity index (χ3n) is 4.81. The van der Waals surface area contributed by atoms with Crippen LogP contribution in [0, 0.1) is 6.92 Å². The van der Waals surface area contributed by atoms with E-state index in [1.54, 1.807) is 7.11 Å². The Morgan fingerprint density at radius 1 is 1.38 bits per heavy atom. The van der Waals surface area contributed by atoms with Crippen molar-refractivity contribution in [3.05, 3.63) is 29.3 Å². The average Bonchev–Trinajstić information content (AvgIpc) is 3.06. The van der Waals surface area contributed by atoms with Gasteiger partial charge in [0.15, 0.2) is 5.96 Å². The lowest BCUT2D eigenvalue weighted by atomic mass is 10.1. The predicted molar refractivity (Wildman–Crippen MR) is 101 cm³/mol. The Bertz CT molecular complexity index is 544. The topological polar surface area (TPSA) is 48.9 Å². The van der Waals surface area contributed by atoms with Crippen molar-refractivity contribution < 1.29 is 4.74 Å². The fraction of sp³-hybridized carbons (Fsp3) is 0.632. The van der Waals surface area contributed by atoms with Gasteiger partial charge in [-0.25, -0.2) is 0 Å². The van der Waals surface area contributed by atoms with Gasteiger partial charge in [-0.15, -0.1) is 0 Å². The number of benzene rings is 1. The molecule has 1 saturated heterocycles. The van der Waals surface area contributed by atoms with E-state index in [2.05, 4.69) is 52.6 Å². The fourth-order valence-electron chi connectivity index (χ4n) is 3.32. The summed E-state index contributed by atoms with van der Waals surface area (Å²) in [6.45, 7) is 8.48. The molecule has 0 saturated carbocycles. The van der Waals surface area contributed by atoms with Gasteiger partial charge >= 0.3 is 0 Å². The lowest BCUT2D eigenvalue weighted by Gasteiger charge is -2.24. The summed E-state index contributed by atoms with van der Waals surface area (Å²) >= 11 is 0. The highest BCUT2D eigenvalue weighted by molar-refractivity contribution is 5.79. The summed E-state index contributed by atoms with van der Waals surface area (Å²) in [6, 6.07) is 7.02. The number of hydrogen-bond acceptors (Lipinski definition) is 3. The van der Waals surface area contributed by atoms with Crippen LogP contribution in [0.25, 0.3) is 0 Å². The number of nitrogens with zero attached hydrogens (tertiary/aromatic N) is 2. The number of guanidine groups is 1. The molecule has 1 heterocycles. The van der Waals surface area contributed by atoms with Gasteiger partial charge in [-0.05, 0) is 56.5 Å². The van der Waals surface area contributed by atoms with Crippen molar-refractivity contribution in [1.29, 1.82) is 0 Å². The fourth-order valence-corrected chi connectivity index (χ4v) is 3.32. The van der Waals surface area contributed by atoms with E-state index in [9.17, 15) is 0 Å². The molecule has 1 aliphatic heterocycles. The molecule has 0 aromatic heterocycles. The Morgan fingerprint density at radius 3 is 2.92 bits per heavy atom. The number of aliphatic imine (C=N–C) groups is 1. The number of rotatable bonds is 7. The van der Waals surface area contributed by atoms with Gasteiger partial charge in [0, 0.05) is 26.2 Å². The molecule has 0 radical (unpaired) electrons. The van der Waals surface area contributed by atoms with Gasteiger partial charge in [-0.2, -0.15) is 0 Å². The van der Waals surface area contributed by atoms with Crippen molar-refractivity contribution in [2.24, 2.45) is 4.99 Å². The standard InChI is InChI=1S/C19H32N4O/c1-5-23-12-6-7-17(23)14-22-19(20-3)21-11-10-16-9-8-15(2)18(13-16)24-4/h8-9,13,17H,5-7,10-12,14H2,1-4H3,(H2,20,21,22). The van der Waals surface area contributed by atoms with Crippen LogP contribution < -0.4 is 15.4 Å². The molecular weight excluding hydrogens is 300 g/mol. The number of nitrogens with one attached hydrogen (secondary N) is 2. The molecule has 1 aliphatic rings. The molecule has 2 rings (SSSR count). The third-order valence-corrected chi connectivity index (χ3v) is 4.81. The Morgan fingerprint density at radius 2 is 2.21 bits per heavy atom. The second kappa shape index (κ2) is 9.52. The maximum absolute atomic E-state index is 5.39. The molecule has 0 spiro atoms. The number of likely N-dealkylation sites (N-methyl/N-ethyl adjacent to an activating group) is 1. The van der Waals surface area contributed by atoms with Gasteiger partial charge in [-0.3, -0.25) is 9.89 Å². The van der Waals surface area contributed by atoms with Gasteiger partial charge in [0.1, 0.15) is 5.75 Å². The largest absolute Gasteiger partial charge is 0.496 e. The molecule has 0 bridgehead atoms. The summed E-state index contributed by atoms with van der Waals surface area (Å²) < 4.78 is 5.39. The second-order valence-corrected chi connectivity index (χ2v) is 6.36. The molecule has 2 N–H and O–H groups in total. The van der Waals surface area contributed by atoms with Gasteiger partial charge < -0.3 is 15.4 Å². The molecule has 5 heteroatoms. The van der Waals surface area contributed by atoms with Gasteiger partial charge in [0.2, 0.25) is 0 Å². The van der Waals surface area contributed by atoms with Crippen molar-refractivity contribution in [2.75, 3.05) is 40.3 Å². The number of aryl methyl sites for hydroxylation is 1. The molecule has 1 atom stereocenters. The molecule has 24 heavy (non-hydrogen) atoms. The van der Waals surface area contributed by atoms with E-state index >= 15 is 0 Å². The Labute approximate surface area is 146 Å². The Hall–Kier alpha value is -1.75. The van der Waals surface area contributed by atoms with Crippen LogP contribution in [0.3, 0.4) is 0 Å². The Balaban J connectivity index is 1.75. The first-order chi connectivity index (χ1) is 11.7. The molecule has 1 unspecified atom stereocenters. The maximum atomic E-state index is 5.39. The van der Waals surface area contributed by atoms with Crippen LogP contribution in [0.4, 0.5) is 0 Å². The van der Waals surface area contributed by atoms with Crippen LogP contribution in [-0.4, -0.2) is 57.2 Å². The normalized spacial score (nSPS) is 18.7. The summed E-state index contributed by atoms with van der Waals surface area (Å²) in [7, 11) is 3.55. The predicted octanol–water partition coefficient (Wildman–Crippen LogP) is 2.20. The number of ether oxygens (including phenoxy) is 1. The summed E-state index contributed by atoms with van der Waals surface area (Å²) in [5.41, 5.74) is 2.44. The van der Waals surface area contributed by atoms with E-state index in [0.29, 0.717) is 6.04 Å². The number of likely N-dealkylation sites (tertiary alicyclic amines) is 1. The van der Waals surface area contributed by atoms with Gasteiger partial charge in [0.05, 0.1) is 7.11 Å². The summed E-state index contributed by atoms with van der Waals surface area (Å²) in [5.74, 6) is 1.84. The SMILES string of the molecule is CCN1CCCC1CNC(=NC)NCCc1ccc(C)c(OC)c1. The number of methoxy groups -OCH3 is 1. The monoisotopic (exact) mass is 332 g/mol. The first-order valence-corrected chi connectivity index (χ1v) is 9.00. The first-order valence-electron chi connectivity index (χ1n) is 9.00. The van der Waals surface area contributed by atoms with E-state index in [-0.39, 0.29) is 0 Å². The minimum Gasteiger partial charge on any atom is -0.496 e. The minimum atomic E-state index is 0.634. The van der Waals surface area contributed by atoms with Crippen molar-refractivity contribution in [3.8, 4) is 5.75 Å². The minimum absolute atomic E-state index is 0.634. The lowest BCUT2D eigenvalue weighted by molar-refractivity contribution is 0.267. The van der Waals surface area contributed by atoms with E-state index in [4.69, 9.17) is 4.74 Å². The zero-order chi connectivity index (χ0) is 17.4. The summed E-state index contributed by atoms with van der Waals surface area (Å²) in [4.78, 5) is 6.87. The van der Waals surface area contributed by atoms with Gasteiger partial charge in [-0.1, -0.05) is 19.1 Å². The van der Waals surface area contributed by atoms with Gasteiger partial charge in [0.25, 0.3) is 0 Å². The van der Waals surface area contributed by atoms with E-state index in [1.165, 1.54) is 30.5 Å². The van der Waals surface area contributed by atoms with Crippen molar-refractivity contribution in [3.63, 3.8) is 0 Å². The second-order valence-electron chi connectivity index (χ2n) is 6.36. The van der Waals surface area contributed by atoms with E-state index < -0.39 is 0 Å². The highest BCUT2D eigenvalue weighted by atomic mass is 16.5. The summed E-state index contributed by atoms with van der Waals surface area (Å²) in [5, 5.41) is 6.87. The molecule has 1 aromatic rings. The molecular formula is C19H32N4O. The van der Waals surface area contributed by atoms with E-state index in [1.807, 2.05) is 7.05 Å². The van der Waals surface area contributed by atoms with Crippen molar-refractivity contribution in [2.45, 2.75) is 39.2 Å². The summed E-state index contributed by atoms with van der Waals surface area (Å²) in [6.07, 6.45) is 3.53. The van der Waals surface area contributed by atoms with Crippen LogP contribution in [0.1, 0.15) is 30.9 Å². The average molecular weight is 332 g/mol. The highest BCUT2D eigenvalue weighted by Crippen LogP contribution is 2.19. The van der Waals surface area contributed by atoms with Crippen LogP contribution in [0.15, 0.2) is 23.2 Å². The zero-order valence-electron chi connectivity index (χ0n) is 15.6. The van der Waals surface area contributed by atoms with Crippen LogP contribution in [0.2, 0.25) is 0 Å². The molecule has 134 valence electrons. The Kier molecular flexibility index (Phi) is 7.37. The first kappa shape index (κ1) is 18.6. The number of hydrogen-bond donors (Lipinski definition) is 2.